The van der Waals surface area contributed by atoms with Crippen LogP contribution in [0.25, 0.3) is 5.82 Å². The van der Waals surface area contributed by atoms with Gasteiger partial charge in [-0.25, -0.2) is 4.98 Å². The van der Waals surface area contributed by atoms with E-state index in [0.29, 0.717) is 18.2 Å². The van der Waals surface area contributed by atoms with Gasteiger partial charge in [0, 0.05) is 5.69 Å². The number of ether oxygens (including phenoxy) is 1. The quantitative estimate of drug-likeness (QED) is 0.877. The lowest BCUT2D eigenvalue weighted by Gasteiger charge is -2.09. The van der Waals surface area contributed by atoms with E-state index in [0.717, 1.165) is 17.2 Å². The van der Waals surface area contributed by atoms with E-state index in [4.69, 9.17) is 10.5 Å². The summed E-state index contributed by atoms with van der Waals surface area (Å²) in [6.45, 7) is 6.41. The third-order valence-electron chi connectivity index (χ3n) is 2.65. The van der Waals surface area contributed by atoms with Gasteiger partial charge in [0.25, 0.3) is 0 Å². The molecule has 0 bridgehead atoms. The molecular weight excluding hydrogens is 216 g/mol. The zero-order chi connectivity index (χ0) is 12.4. The molecule has 2 aromatic heterocycles. The molecule has 5 nitrogen and oxygen atoms in total. The van der Waals surface area contributed by atoms with Crippen molar-refractivity contribution in [3.8, 4) is 11.7 Å². The number of nitrogens with zero attached hydrogens (tertiary/aromatic N) is 3. The van der Waals surface area contributed by atoms with Gasteiger partial charge in [0.15, 0.2) is 0 Å². The summed E-state index contributed by atoms with van der Waals surface area (Å²) in [5, 5.41) is 0. The molecule has 17 heavy (non-hydrogen) atoms. The average molecular weight is 232 g/mol. The van der Waals surface area contributed by atoms with Crippen LogP contribution in [0.1, 0.15) is 18.3 Å². The van der Waals surface area contributed by atoms with E-state index in [9.17, 15) is 0 Å². The molecular formula is C12H16N4O. The van der Waals surface area contributed by atoms with Crippen molar-refractivity contribution in [2.24, 2.45) is 0 Å². The lowest BCUT2D eigenvalue weighted by atomic mass is 10.3. The maximum Gasteiger partial charge on any atom is 0.239 e. The minimum atomic E-state index is 0.468. The number of nitrogen functional groups attached to an aromatic ring is 1. The Balaban J connectivity index is 2.46. The fourth-order valence-electron chi connectivity index (χ4n) is 1.56. The van der Waals surface area contributed by atoms with E-state index in [1.54, 1.807) is 12.4 Å². The molecule has 0 aliphatic heterocycles. The van der Waals surface area contributed by atoms with Crippen LogP contribution in [0.15, 0.2) is 18.5 Å². The lowest BCUT2D eigenvalue weighted by Crippen LogP contribution is -2.04. The van der Waals surface area contributed by atoms with Gasteiger partial charge in [0.05, 0.1) is 18.0 Å². The fraction of sp³-hybridized carbons (Fsp3) is 0.333. The molecule has 0 spiro atoms. The van der Waals surface area contributed by atoms with Crippen LogP contribution in [0.3, 0.4) is 0 Å². The predicted octanol–water partition coefficient (Wildman–Crippen LogP) is 1.87. The topological polar surface area (TPSA) is 66.0 Å². The molecule has 0 saturated heterocycles. The van der Waals surface area contributed by atoms with Crippen LogP contribution in [0.5, 0.6) is 5.88 Å². The molecule has 2 rings (SSSR count). The third-order valence-corrected chi connectivity index (χ3v) is 2.65. The number of aromatic nitrogens is 3. The number of hydrogen-bond donors (Lipinski definition) is 1. The van der Waals surface area contributed by atoms with E-state index < -0.39 is 0 Å². The summed E-state index contributed by atoms with van der Waals surface area (Å²) in [6.07, 6.45) is 1.75. The van der Waals surface area contributed by atoms with Gasteiger partial charge in [-0.1, -0.05) is 0 Å². The van der Waals surface area contributed by atoms with Gasteiger partial charge < -0.3 is 10.5 Å². The van der Waals surface area contributed by atoms with Gasteiger partial charge in [-0.05, 0) is 32.9 Å². The average Bonchev–Trinajstić information content (AvgIpc) is 2.64. The molecule has 0 radical (unpaired) electrons. The second kappa shape index (κ2) is 4.45. The summed E-state index contributed by atoms with van der Waals surface area (Å²) < 4.78 is 7.29. The van der Waals surface area contributed by atoms with Crippen LogP contribution in [-0.4, -0.2) is 21.1 Å². The molecule has 0 aromatic carbocycles. The Morgan fingerprint density at radius 2 is 2.12 bits per heavy atom. The molecule has 5 heteroatoms. The molecule has 2 aromatic rings. The SMILES string of the molecule is CCOc1nc(-n2cnc(C)c2C)ccc1N. The maximum absolute atomic E-state index is 5.78. The van der Waals surface area contributed by atoms with E-state index in [1.165, 1.54) is 0 Å². The Morgan fingerprint density at radius 3 is 2.71 bits per heavy atom. The third kappa shape index (κ3) is 2.08. The molecule has 0 fully saturated rings. The normalized spacial score (nSPS) is 10.5. The van der Waals surface area contributed by atoms with Crippen LogP contribution in [0.2, 0.25) is 0 Å². The second-order valence-corrected chi connectivity index (χ2v) is 3.78. The van der Waals surface area contributed by atoms with Crippen LogP contribution in [0.4, 0.5) is 5.69 Å². The van der Waals surface area contributed by atoms with Crippen molar-refractivity contribution >= 4 is 5.69 Å². The summed E-state index contributed by atoms with van der Waals surface area (Å²) in [7, 11) is 0. The van der Waals surface area contributed by atoms with E-state index in [-0.39, 0.29) is 0 Å². The standard InChI is InChI=1S/C12H16N4O/c1-4-17-12-10(13)5-6-11(15-12)16-7-14-8(2)9(16)3/h5-7H,4,13H2,1-3H3. The van der Waals surface area contributed by atoms with Gasteiger partial charge >= 0.3 is 0 Å². The minimum absolute atomic E-state index is 0.468. The maximum atomic E-state index is 5.78. The molecule has 0 aliphatic rings. The van der Waals surface area contributed by atoms with E-state index >= 15 is 0 Å². The van der Waals surface area contributed by atoms with Crippen molar-refractivity contribution in [3.05, 3.63) is 29.8 Å². The molecule has 90 valence electrons. The Bertz CT molecular complexity index is 533. The Morgan fingerprint density at radius 1 is 1.35 bits per heavy atom. The first-order valence-electron chi connectivity index (χ1n) is 5.53. The molecule has 0 amide bonds. The highest BCUT2D eigenvalue weighted by molar-refractivity contribution is 5.51. The van der Waals surface area contributed by atoms with E-state index in [1.807, 2.05) is 31.4 Å². The smallest absolute Gasteiger partial charge is 0.239 e. The fourth-order valence-corrected chi connectivity index (χ4v) is 1.56. The monoisotopic (exact) mass is 232 g/mol. The lowest BCUT2D eigenvalue weighted by molar-refractivity contribution is 0.328. The van der Waals surface area contributed by atoms with Crippen LogP contribution < -0.4 is 10.5 Å². The predicted molar refractivity (Wildman–Crippen MR) is 66.4 cm³/mol. The Hall–Kier alpha value is -2.04. The zero-order valence-electron chi connectivity index (χ0n) is 10.3. The number of rotatable bonds is 3. The summed E-state index contributed by atoms with van der Waals surface area (Å²) in [4.78, 5) is 8.62. The highest BCUT2D eigenvalue weighted by Gasteiger charge is 2.08. The first-order valence-corrected chi connectivity index (χ1v) is 5.53. The van der Waals surface area contributed by atoms with Crippen molar-refractivity contribution in [2.45, 2.75) is 20.8 Å². The van der Waals surface area contributed by atoms with Crippen molar-refractivity contribution in [2.75, 3.05) is 12.3 Å². The van der Waals surface area contributed by atoms with Gasteiger partial charge in [-0.15, -0.1) is 0 Å². The summed E-state index contributed by atoms with van der Waals surface area (Å²) in [5.74, 6) is 1.23. The number of anilines is 1. The molecule has 0 aliphatic carbocycles. The molecule has 2 N–H and O–H groups in total. The molecule has 2 heterocycles. The van der Waals surface area contributed by atoms with Crippen molar-refractivity contribution in [3.63, 3.8) is 0 Å². The zero-order valence-corrected chi connectivity index (χ0v) is 10.3. The molecule has 0 saturated carbocycles. The number of imidazole rings is 1. The Labute approximate surface area is 100 Å². The minimum Gasteiger partial charge on any atom is -0.476 e. The summed E-state index contributed by atoms with van der Waals surface area (Å²) in [5.41, 5.74) is 8.38. The largest absolute Gasteiger partial charge is 0.476 e. The van der Waals surface area contributed by atoms with Crippen LogP contribution in [-0.2, 0) is 0 Å². The second-order valence-electron chi connectivity index (χ2n) is 3.78. The van der Waals surface area contributed by atoms with Gasteiger partial charge in [0.2, 0.25) is 5.88 Å². The van der Waals surface area contributed by atoms with Gasteiger partial charge in [0.1, 0.15) is 12.1 Å². The number of hydrogen-bond acceptors (Lipinski definition) is 4. The first kappa shape index (κ1) is 11.4. The van der Waals surface area contributed by atoms with Crippen LogP contribution in [0, 0.1) is 13.8 Å². The number of pyridine rings is 1. The van der Waals surface area contributed by atoms with Crippen molar-refractivity contribution in [1.82, 2.24) is 14.5 Å². The number of nitrogens with two attached hydrogens (primary N) is 1. The van der Waals surface area contributed by atoms with Crippen LogP contribution >= 0.6 is 0 Å². The molecule has 0 atom stereocenters. The van der Waals surface area contributed by atoms with Crippen molar-refractivity contribution < 1.29 is 4.74 Å². The molecule has 0 unspecified atom stereocenters. The summed E-state index contributed by atoms with van der Waals surface area (Å²) in [6, 6.07) is 3.65. The van der Waals surface area contributed by atoms with E-state index in [2.05, 4.69) is 9.97 Å². The summed E-state index contributed by atoms with van der Waals surface area (Å²) >= 11 is 0. The highest BCUT2D eigenvalue weighted by atomic mass is 16.5. The Kier molecular flexibility index (Phi) is 2.99. The van der Waals surface area contributed by atoms with Gasteiger partial charge in [-0.3, -0.25) is 4.57 Å². The first-order chi connectivity index (χ1) is 8.13. The van der Waals surface area contributed by atoms with Crippen molar-refractivity contribution in [1.29, 1.82) is 0 Å². The highest BCUT2D eigenvalue weighted by Crippen LogP contribution is 2.21. The number of aryl methyl sites for hydroxylation is 1. The van der Waals surface area contributed by atoms with Gasteiger partial charge in [-0.2, -0.15) is 4.98 Å².